The summed E-state index contributed by atoms with van der Waals surface area (Å²) in [5, 5.41) is 0. The summed E-state index contributed by atoms with van der Waals surface area (Å²) in [5.41, 5.74) is 1.95. The van der Waals surface area contributed by atoms with Crippen LogP contribution >= 0.6 is 0 Å². The van der Waals surface area contributed by atoms with Crippen molar-refractivity contribution in [1.82, 2.24) is 14.4 Å². The Balaban J connectivity index is 1.60. The van der Waals surface area contributed by atoms with Crippen molar-refractivity contribution >= 4 is 21.5 Å². The van der Waals surface area contributed by atoms with Crippen LogP contribution in [0, 0.1) is 0 Å². The molecule has 4 aromatic rings. The zero-order valence-electron chi connectivity index (χ0n) is 15.1. The molecule has 0 saturated carbocycles. The van der Waals surface area contributed by atoms with Crippen molar-refractivity contribution in [2.45, 2.75) is 11.8 Å². The number of ether oxygens (including phenoxy) is 1. The number of hydrogen-bond acceptors (Lipinski definition) is 5. The standard InChI is InChI=1S/C20H18N4O3S/c1-2-27-17-7-9-18(10-8-17)28(25,26)23-16-6-3-5-15(13-16)19-14-24-12-4-11-21-20(24)22-19/h3-14,23H,2H2,1H3. The first-order valence-corrected chi connectivity index (χ1v) is 10.2. The first-order valence-electron chi connectivity index (χ1n) is 8.71. The molecular formula is C20H18N4O3S. The second kappa shape index (κ2) is 7.32. The monoisotopic (exact) mass is 394 g/mol. The molecule has 0 radical (unpaired) electrons. The Hall–Kier alpha value is -3.39. The number of nitrogens with one attached hydrogen (secondary N) is 1. The maximum atomic E-state index is 12.7. The van der Waals surface area contributed by atoms with Crippen LogP contribution in [0.15, 0.2) is 78.1 Å². The summed E-state index contributed by atoms with van der Waals surface area (Å²) in [6, 6.07) is 15.2. The van der Waals surface area contributed by atoms with E-state index in [0.717, 1.165) is 5.56 Å². The minimum atomic E-state index is -3.71. The van der Waals surface area contributed by atoms with Gasteiger partial charge in [-0.3, -0.25) is 9.12 Å². The fourth-order valence-electron chi connectivity index (χ4n) is 2.81. The summed E-state index contributed by atoms with van der Waals surface area (Å²) in [5.74, 6) is 1.21. The lowest BCUT2D eigenvalue weighted by molar-refractivity contribution is 0.340. The minimum absolute atomic E-state index is 0.165. The van der Waals surface area contributed by atoms with Gasteiger partial charge in [-0.2, -0.15) is 0 Å². The molecule has 0 aliphatic heterocycles. The lowest BCUT2D eigenvalue weighted by Crippen LogP contribution is -2.12. The van der Waals surface area contributed by atoms with Gasteiger partial charge in [-0.1, -0.05) is 12.1 Å². The second-order valence-electron chi connectivity index (χ2n) is 6.04. The Bertz CT molecular complexity index is 1180. The van der Waals surface area contributed by atoms with Gasteiger partial charge < -0.3 is 4.74 Å². The van der Waals surface area contributed by atoms with E-state index < -0.39 is 10.0 Å². The molecule has 2 aromatic carbocycles. The fraction of sp³-hybridized carbons (Fsp3) is 0.100. The van der Waals surface area contributed by atoms with Crippen LogP contribution in [0.3, 0.4) is 0 Å². The molecule has 1 N–H and O–H groups in total. The van der Waals surface area contributed by atoms with Crippen LogP contribution in [0.2, 0.25) is 0 Å². The number of aromatic nitrogens is 3. The fourth-order valence-corrected chi connectivity index (χ4v) is 3.86. The number of nitrogens with zero attached hydrogens (tertiary/aromatic N) is 3. The Kier molecular flexibility index (Phi) is 4.70. The predicted octanol–water partition coefficient (Wildman–Crippen LogP) is 3.60. The average Bonchev–Trinajstić information content (AvgIpc) is 3.13. The smallest absolute Gasteiger partial charge is 0.261 e. The van der Waals surface area contributed by atoms with E-state index in [2.05, 4.69) is 14.7 Å². The quantitative estimate of drug-likeness (QED) is 0.540. The van der Waals surface area contributed by atoms with Gasteiger partial charge in [-0.25, -0.2) is 18.4 Å². The maximum absolute atomic E-state index is 12.7. The SMILES string of the molecule is CCOc1ccc(S(=O)(=O)Nc2cccc(-c3cn4cccnc4n3)c2)cc1. The molecule has 2 heterocycles. The summed E-state index contributed by atoms with van der Waals surface area (Å²) < 4.78 is 35.1. The van der Waals surface area contributed by atoms with Crippen LogP contribution in [-0.2, 0) is 10.0 Å². The number of hydrogen-bond donors (Lipinski definition) is 1. The zero-order chi connectivity index (χ0) is 19.6. The Morgan fingerprint density at radius 2 is 1.93 bits per heavy atom. The third-order valence-electron chi connectivity index (χ3n) is 4.09. The summed E-state index contributed by atoms with van der Waals surface area (Å²) in [6.07, 6.45) is 5.38. The highest BCUT2D eigenvalue weighted by Gasteiger charge is 2.15. The van der Waals surface area contributed by atoms with Gasteiger partial charge in [0.25, 0.3) is 10.0 Å². The minimum Gasteiger partial charge on any atom is -0.494 e. The van der Waals surface area contributed by atoms with Crippen LogP contribution in [0.1, 0.15) is 6.92 Å². The lowest BCUT2D eigenvalue weighted by Gasteiger charge is -2.10. The number of benzene rings is 2. The normalized spacial score (nSPS) is 11.5. The number of sulfonamides is 1. The molecular weight excluding hydrogens is 376 g/mol. The Morgan fingerprint density at radius 1 is 1.11 bits per heavy atom. The molecule has 0 fully saturated rings. The molecule has 0 atom stereocenters. The second-order valence-corrected chi connectivity index (χ2v) is 7.73. The highest BCUT2D eigenvalue weighted by atomic mass is 32.2. The molecule has 0 spiro atoms. The molecule has 142 valence electrons. The zero-order valence-corrected chi connectivity index (χ0v) is 15.9. The van der Waals surface area contributed by atoms with E-state index in [4.69, 9.17) is 4.74 Å². The van der Waals surface area contributed by atoms with Crippen LogP contribution in [-0.4, -0.2) is 29.4 Å². The number of anilines is 1. The molecule has 0 bridgehead atoms. The molecule has 0 unspecified atom stereocenters. The average molecular weight is 394 g/mol. The molecule has 7 nitrogen and oxygen atoms in total. The highest BCUT2D eigenvalue weighted by Crippen LogP contribution is 2.24. The van der Waals surface area contributed by atoms with Gasteiger partial charge in [-0.15, -0.1) is 0 Å². The van der Waals surface area contributed by atoms with Gasteiger partial charge in [0.05, 0.1) is 17.2 Å². The van der Waals surface area contributed by atoms with E-state index in [1.807, 2.05) is 35.9 Å². The van der Waals surface area contributed by atoms with Gasteiger partial charge in [0.2, 0.25) is 5.78 Å². The highest BCUT2D eigenvalue weighted by molar-refractivity contribution is 7.92. The third-order valence-corrected chi connectivity index (χ3v) is 5.49. The molecule has 2 aromatic heterocycles. The summed E-state index contributed by atoms with van der Waals surface area (Å²) in [6.45, 7) is 2.40. The first-order chi connectivity index (χ1) is 13.5. The summed E-state index contributed by atoms with van der Waals surface area (Å²) in [7, 11) is -3.71. The maximum Gasteiger partial charge on any atom is 0.261 e. The van der Waals surface area contributed by atoms with Crippen molar-refractivity contribution in [2.24, 2.45) is 0 Å². The van der Waals surface area contributed by atoms with E-state index in [1.165, 1.54) is 12.1 Å². The molecule has 0 aliphatic rings. The van der Waals surface area contributed by atoms with Crippen molar-refractivity contribution in [3.8, 4) is 17.0 Å². The molecule has 28 heavy (non-hydrogen) atoms. The van der Waals surface area contributed by atoms with Crippen LogP contribution in [0.25, 0.3) is 17.0 Å². The van der Waals surface area contributed by atoms with E-state index in [9.17, 15) is 8.42 Å². The topological polar surface area (TPSA) is 85.6 Å². The van der Waals surface area contributed by atoms with Crippen molar-refractivity contribution in [1.29, 1.82) is 0 Å². The summed E-state index contributed by atoms with van der Waals surface area (Å²) >= 11 is 0. The molecule has 0 aliphatic carbocycles. The Morgan fingerprint density at radius 3 is 2.68 bits per heavy atom. The third kappa shape index (κ3) is 3.67. The van der Waals surface area contributed by atoms with Gasteiger partial charge >= 0.3 is 0 Å². The van der Waals surface area contributed by atoms with E-state index in [1.54, 1.807) is 36.5 Å². The molecule has 4 rings (SSSR count). The van der Waals surface area contributed by atoms with Gasteiger partial charge in [0.15, 0.2) is 0 Å². The van der Waals surface area contributed by atoms with Crippen LogP contribution < -0.4 is 9.46 Å². The Labute approximate surface area is 162 Å². The van der Waals surface area contributed by atoms with Crippen molar-refractivity contribution in [3.05, 3.63) is 73.2 Å². The number of rotatable bonds is 6. The van der Waals surface area contributed by atoms with Gasteiger partial charge in [-0.05, 0) is 49.4 Å². The number of imidazole rings is 1. The first kappa shape index (κ1) is 18.0. The van der Waals surface area contributed by atoms with Gasteiger partial charge in [0.1, 0.15) is 5.75 Å². The van der Waals surface area contributed by atoms with Crippen molar-refractivity contribution in [2.75, 3.05) is 11.3 Å². The van der Waals surface area contributed by atoms with Crippen LogP contribution in [0.4, 0.5) is 5.69 Å². The van der Waals surface area contributed by atoms with Gasteiger partial charge in [0, 0.05) is 29.8 Å². The summed E-state index contributed by atoms with van der Waals surface area (Å²) in [4.78, 5) is 8.83. The number of fused-ring (bicyclic) bond motifs is 1. The van der Waals surface area contributed by atoms with Crippen molar-refractivity contribution in [3.63, 3.8) is 0 Å². The largest absolute Gasteiger partial charge is 0.494 e. The predicted molar refractivity (Wildman–Crippen MR) is 107 cm³/mol. The van der Waals surface area contributed by atoms with Crippen LogP contribution in [0.5, 0.6) is 5.75 Å². The molecule has 0 saturated heterocycles. The van der Waals surface area contributed by atoms with E-state index >= 15 is 0 Å². The molecule has 8 heteroatoms. The molecule has 0 amide bonds. The van der Waals surface area contributed by atoms with E-state index in [0.29, 0.717) is 29.5 Å². The van der Waals surface area contributed by atoms with E-state index in [-0.39, 0.29) is 4.90 Å². The lowest BCUT2D eigenvalue weighted by atomic mass is 10.1. The van der Waals surface area contributed by atoms with Crippen molar-refractivity contribution < 1.29 is 13.2 Å².